The van der Waals surface area contributed by atoms with Gasteiger partial charge >= 0.3 is 0 Å². The lowest BCUT2D eigenvalue weighted by Crippen LogP contribution is -2.16. The third kappa shape index (κ3) is 1.99. The monoisotopic (exact) mass is 219 g/mol. The normalized spacial score (nSPS) is 15.6. The van der Waals surface area contributed by atoms with Gasteiger partial charge in [0.15, 0.2) is 5.82 Å². The first-order valence-electron chi connectivity index (χ1n) is 5.43. The molecule has 0 unspecified atom stereocenters. The average molecular weight is 219 g/mol. The van der Waals surface area contributed by atoms with Crippen molar-refractivity contribution in [3.05, 3.63) is 23.9 Å². The Balaban J connectivity index is 1.71. The van der Waals surface area contributed by atoms with E-state index in [2.05, 4.69) is 15.5 Å². The lowest BCUT2D eigenvalue weighted by molar-refractivity contribution is 0.418. The Hall–Kier alpha value is -1.62. The molecule has 0 aromatic carbocycles. The van der Waals surface area contributed by atoms with Crippen molar-refractivity contribution in [2.75, 3.05) is 0 Å². The summed E-state index contributed by atoms with van der Waals surface area (Å²) in [5.41, 5.74) is 0.836. The van der Waals surface area contributed by atoms with Crippen LogP contribution < -0.4 is 5.32 Å². The predicted octanol–water partition coefficient (Wildman–Crippen LogP) is 1.89. The fourth-order valence-electron chi connectivity index (χ4n) is 1.52. The van der Waals surface area contributed by atoms with Crippen LogP contribution in [0.25, 0.3) is 11.5 Å². The van der Waals surface area contributed by atoms with Gasteiger partial charge in [0.05, 0.1) is 12.1 Å². The van der Waals surface area contributed by atoms with Gasteiger partial charge in [0.2, 0.25) is 0 Å². The van der Waals surface area contributed by atoms with Crippen LogP contribution in [0.3, 0.4) is 0 Å². The van der Waals surface area contributed by atoms with Gasteiger partial charge in [0.1, 0.15) is 12.0 Å². The minimum Gasteiger partial charge on any atom is -0.469 e. The first-order chi connectivity index (χ1) is 7.81. The Kier molecular flexibility index (Phi) is 2.25. The van der Waals surface area contributed by atoms with E-state index in [-0.39, 0.29) is 0 Å². The summed E-state index contributed by atoms with van der Waals surface area (Å²) in [7, 11) is 0. The second-order valence-corrected chi connectivity index (χ2v) is 4.12. The van der Waals surface area contributed by atoms with E-state index in [9.17, 15) is 0 Å². The predicted molar refractivity (Wildman–Crippen MR) is 56.6 cm³/mol. The molecule has 1 aliphatic rings. The largest absolute Gasteiger partial charge is 0.469 e. The Labute approximate surface area is 92.8 Å². The van der Waals surface area contributed by atoms with Gasteiger partial charge in [-0.05, 0) is 25.8 Å². The number of hydrogen-bond acceptors (Lipinski definition) is 5. The van der Waals surface area contributed by atoms with Crippen molar-refractivity contribution >= 4 is 0 Å². The molecule has 84 valence electrons. The smallest absolute Gasteiger partial charge is 0.261 e. The maximum atomic E-state index is 5.19. The number of hydrogen-bond donors (Lipinski definition) is 1. The van der Waals surface area contributed by atoms with E-state index in [0.29, 0.717) is 24.3 Å². The number of nitrogens with zero attached hydrogens (tertiary/aromatic N) is 2. The van der Waals surface area contributed by atoms with Gasteiger partial charge in [0.25, 0.3) is 5.89 Å². The second-order valence-electron chi connectivity index (χ2n) is 4.12. The van der Waals surface area contributed by atoms with Crippen molar-refractivity contribution < 1.29 is 8.94 Å². The van der Waals surface area contributed by atoms with Crippen LogP contribution in [0.15, 0.2) is 21.3 Å². The molecule has 3 rings (SSSR count). The maximum absolute atomic E-state index is 5.19. The fraction of sp³-hybridized carbons (Fsp3) is 0.455. The van der Waals surface area contributed by atoms with E-state index in [1.54, 1.807) is 6.26 Å². The van der Waals surface area contributed by atoms with Crippen LogP contribution in [-0.2, 0) is 6.54 Å². The summed E-state index contributed by atoms with van der Waals surface area (Å²) in [6, 6.07) is 2.53. The molecule has 0 radical (unpaired) electrons. The SMILES string of the molecule is Cc1cc(-c2nc(CNC3CC3)no2)co1. The van der Waals surface area contributed by atoms with E-state index >= 15 is 0 Å². The average Bonchev–Trinajstić information content (AvgIpc) is 2.81. The zero-order chi connectivity index (χ0) is 11.0. The molecule has 5 heteroatoms. The van der Waals surface area contributed by atoms with Gasteiger partial charge in [0, 0.05) is 6.04 Å². The number of aryl methyl sites for hydroxylation is 1. The van der Waals surface area contributed by atoms with Crippen LogP contribution in [0.2, 0.25) is 0 Å². The Morgan fingerprint density at radius 1 is 1.50 bits per heavy atom. The number of nitrogens with one attached hydrogen (secondary N) is 1. The minimum absolute atomic E-state index is 0.518. The summed E-state index contributed by atoms with van der Waals surface area (Å²) in [4.78, 5) is 4.29. The molecule has 0 bridgehead atoms. The van der Waals surface area contributed by atoms with Gasteiger partial charge in [-0.3, -0.25) is 0 Å². The van der Waals surface area contributed by atoms with Crippen molar-refractivity contribution in [2.45, 2.75) is 32.4 Å². The zero-order valence-corrected chi connectivity index (χ0v) is 9.06. The van der Waals surface area contributed by atoms with Crippen LogP contribution >= 0.6 is 0 Å². The first-order valence-corrected chi connectivity index (χ1v) is 5.43. The van der Waals surface area contributed by atoms with Crippen LogP contribution in [0, 0.1) is 6.92 Å². The quantitative estimate of drug-likeness (QED) is 0.850. The highest BCUT2D eigenvalue weighted by Gasteiger charge is 2.21. The van der Waals surface area contributed by atoms with Crippen molar-refractivity contribution in [1.82, 2.24) is 15.5 Å². The van der Waals surface area contributed by atoms with E-state index in [1.807, 2.05) is 13.0 Å². The summed E-state index contributed by atoms with van der Waals surface area (Å²) < 4.78 is 10.3. The Morgan fingerprint density at radius 2 is 2.38 bits per heavy atom. The van der Waals surface area contributed by atoms with Crippen molar-refractivity contribution in [2.24, 2.45) is 0 Å². The van der Waals surface area contributed by atoms with E-state index in [1.165, 1.54) is 12.8 Å². The minimum atomic E-state index is 0.518. The molecule has 2 aromatic heterocycles. The molecule has 0 aliphatic heterocycles. The van der Waals surface area contributed by atoms with Crippen LogP contribution in [0.5, 0.6) is 0 Å². The summed E-state index contributed by atoms with van der Waals surface area (Å²) >= 11 is 0. The third-order valence-corrected chi connectivity index (χ3v) is 2.57. The van der Waals surface area contributed by atoms with E-state index in [4.69, 9.17) is 8.94 Å². The fourth-order valence-corrected chi connectivity index (χ4v) is 1.52. The van der Waals surface area contributed by atoms with Gasteiger partial charge in [-0.15, -0.1) is 0 Å². The molecular formula is C11H13N3O2. The molecule has 5 nitrogen and oxygen atoms in total. The van der Waals surface area contributed by atoms with Crippen LogP contribution in [-0.4, -0.2) is 16.2 Å². The summed E-state index contributed by atoms with van der Waals surface area (Å²) in [6.45, 7) is 2.56. The number of rotatable bonds is 4. The van der Waals surface area contributed by atoms with Gasteiger partial charge in [-0.1, -0.05) is 5.16 Å². The number of aromatic nitrogens is 2. The lowest BCUT2D eigenvalue weighted by atomic mass is 10.3. The van der Waals surface area contributed by atoms with E-state index < -0.39 is 0 Å². The van der Waals surface area contributed by atoms with Crippen LogP contribution in [0.4, 0.5) is 0 Å². The summed E-state index contributed by atoms with van der Waals surface area (Å²) in [5, 5.41) is 7.25. The van der Waals surface area contributed by atoms with Crippen molar-refractivity contribution in [3.63, 3.8) is 0 Å². The maximum Gasteiger partial charge on any atom is 0.261 e. The highest BCUT2D eigenvalue weighted by Crippen LogP contribution is 2.21. The van der Waals surface area contributed by atoms with Gasteiger partial charge < -0.3 is 14.3 Å². The molecular weight excluding hydrogens is 206 g/mol. The highest BCUT2D eigenvalue weighted by molar-refractivity contribution is 5.51. The molecule has 0 atom stereocenters. The Bertz CT molecular complexity index is 485. The molecule has 1 fully saturated rings. The third-order valence-electron chi connectivity index (χ3n) is 2.57. The molecule has 16 heavy (non-hydrogen) atoms. The second kappa shape index (κ2) is 3.75. The summed E-state index contributed by atoms with van der Waals surface area (Å²) in [6.07, 6.45) is 4.14. The van der Waals surface area contributed by atoms with E-state index in [0.717, 1.165) is 11.3 Å². The van der Waals surface area contributed by atoms with Crippen LogP contribution in [0.1, 0.15) is 24.4 Å². The molecule has 0 spiro atoms. The lowest BCUT2D eigenvalue weighted by Gasteiger charge is -1.94. The highest BCUT2D eigenvalue weighted by atomic mass is 16.5. The van der Waals surface area contributed by atoms with Gasteiger partial charge in [-0.25, -0.2) is 0 Å². The van der Waals surface area contributed by atoms with Crippen molar-refractivity contribution in [3.8, 4) is 11.5 Å². The molecule has 2 heterocycles. The number of furan rings is 1. The topological polar surface area (TPSA) is 64.1 Å². The molecule has 0 saturated heterocycles. The Morgan fingerprint density at radius 3 is 3.06 bits per heavy atom. The van der Waals surface area contributed by atoms with Crippen molar-refractivity contribution in [1.29, 1.82) is 0 Å². The molecule has 1 saturated carbocycles. The first kappa shape index (κ1) is 9.59. The van der Waals surface area contributed by atoms with Gasteiger partial charge in [-0.2, -0.15) is 4.98 Å². The molecule has 1 N–H and O–H groups in total. The zero-order valence-electron chi connectivity index (χ0n) is 9.06. The molecule has 1 aliphatic carbocycles. The molecule has 0 amide bonds. The molecule has 2 aromatic rings. The standard InChI is InChI=1S/C11H13N3O2/c1-7-4-8(6-15-7)11-13-10(14-16-11)5-12-9-2-3-9/h4,6,9,12H,2-3,5H2,1H3. The summed E-state index contributed by atoms with van der Waals surface area (Å²) in [5.74, 6) is 2.05.